The van der Waals surface area contributed by atoms with Gasteiger partial charge in [-0.05, 0) is 37.5 Å². The molecule has 0 unspecified atom stereocenters. The SMILES string of the molecule is O=C(NCCCc1ccco1)C1CCN(S(=O)(=O)Cc2ccccc2F)CC1. The van der Waals surface area contributed by atoms with Crippen LogP contribution in [0, 0.1) is 11.7 Å². The number of nitrogens with one attached hydrogen (secondary N) is 1. The Kier molecular flexibility index (Phi) is 6.85. The highest BCUT2D eigenvalue weighted by Gasteiger charge is 2.31. The van der Waals surface area contributed by atoms with E-state index < -0.39 is 15.8 Å². The standard InChI is InChI=1S/C20H25FN2O4S/c21-19-8-2-1-5-17(19)15-28(25,26)23-12-9-16(10-13-23)20(24)22-11-3-6-18-7-4-14-27-18/h1-2,4-5,7-8,14,16H,3,6,9-13,15H2,(H,22,24). The number of carbonyl (C=O) groups excluding carboxylic acids is 1. The minimum absolute atomic E-state index is 0.0365. The van der Waals surface area contributed by atoms with Gasteiger partial charge in [0.2, 0.25) is 15.9 Å². The number of furan rings is 1. The second kappa shape index (κ2) is 9.34. The number of hydrogen-bond acceptors (Lipinski definition) is 4. The van der Waals surface area contributed by atoms with E-state index in [0.717, 1.165) is 18.6 Å². The third-order valence-corrected chi connectivity index (χ3v) is 6.82. The number of carbonyl (C=O) groups is 1. The summed E-state index contributed by atoms with van der Waals surface area (Å²) in [6, 6.07) is 9.63. The van der Waals surface area contributed by atoms with Crippen molar-refractivity contribution in [3.63, 3.8) is 0 Å². The Hall–Kier alpha value is -2.19. The first kappa shape index (κ1) is 20.5. The number of piperidine rings is 1. The van der Waals surface area contributed by atoms with Gasteiger partial charge in [0.25, 0.3) is 0 Å². The monoisotopic (exact) mass is 408 g/mol. The molecule has 1 aromatic heterocycles. The lowest BCUT2D eigenvalue weighted by Gasteiger charge is -2.30. The van der Waals surface area contributed by atoms with Gasteiger partial charge < -0.3 is 9.73 Å². The van der Waals surface area contributed by atoms with E-state index >= 15 is 0 Å². The van der Waals surface area contributed by atoms with Crippen LogP contribution in [0.1, 0.15) is 30.6 Å². The van der Waals surface area contributed by atoms with Crippen molar-refractivity contribution in [3.8, 4) is 0 Å². The summed E-state index contributed by atoms with van der Waals surface area (Å²) >= 11 is 0. The molecule has 0 saturated carbocycles. The van der Waals surface area contributed by atoms with Crippen LogP contribution in [0.4, 0.5) is 4.39 Å². The second-order valence-corrected chi connectivity index (χ2v) is 8.96. The Bertz CT molecular complexity index is 875. The zero-order valence-electron chi connectivity index (χ0n) is 15.6. The molecule has 0 bridgehead atoms. The molecular formula is C20H25FN2O4S. The van der Waals surface area contributed by atoms with Crippen LogP contribution < -0.4 is 5.32 Å². The summed E-state index contributed by atoms with van der Waals surface area (Å²) in [6.45, 7) is 1.12. The molecule has 1 aliphatic heterocycles. The van der Waals surface area contributed by atoms with Gasteiger partial charge in [-0.1, -0.05) is 18.2 Å². The zero-order valence-corrected chi connectivity index (χ0v) is 16.5. The maximum Gasteiger partial charge on any atom is 0.223 e. The lowest BCUT2D eigenvalue weighted by Crippen LogP contribution is -2.43. The van der Waals surface area contributed by atoms with Crippen molar-refractivity contribution in [1.82, 2.24) is 9.62 Å². The Morgan fingerprint density at radius 2 is 1.93 bits per heavy atom. The van der Waals surface area contributed by atoms with Gasteiger partial charge in [0.05, 0.1) is 12.0 Å². The normalized spacial score (nSPS) is 16.2. The summed E-state index contributed by atoms with van der Waals surface area (Å²) in [4.78, 5) is 12.3. The van der Waals surface area contributed by atoms with E-state index in [1.807, 2.05) is 12.1 Å². The lowest BCUT2D eigenvalue weighted by atomic mass is 9.97. The van der Waals surface area contributed by atoms with E-state index in [0.29, 0.717) is 19.4 Å². The molecule has 2 heterocycles. The van der Waals surface area contributed by atoms with Crippen LogP contribution in [0.2, 0.25) is 0 Å². The molecule has 152 valence electrons. The Balaban J connectivity index is 1.43. The third-order valence-electron chi connectivity index (χ3n) is 4.99. The number of nitrogens with zero attached hydrogens (tertiary/aromatic N) is 1. The Morgan fingerprint density at radius 3 is 2.61 bits per heavy atom. The van der Waals surface area contributed by atoms with E-state index in [4.69, 9.17) is 4.42 Å². The topological polar surface area (TPSA) is 79.6 Å². The van der Waals surface area contributed by atoms with Crippen molar-refractivity contribution >= 4 is 15.9 Å². The number of halogens is 1. The van der Waals surface area contributed by atoms with E-state index in [1.165, 1.54) is 22.5 Å². The molecule has 0 spiro atoms. The highest BCUT2D eigenvalue weighted by Crippen LogP contribution is 2.22. The minimum Gasteiger partial charge on any atom is -0.469 e. The quantitative estimate of drug-likeness (QED) is 0.681. The first-order chi connectivity index (χ1) is 13.5. The second-order valence-electron chi connectivity index (χ2n) is 6.99. The van der Waals surface area contributed by atoms with Crippen molar-refractivity contribution in [2.45, 2.75) is 31.4 Å². The molecule has 1 aromatic carbocycles. The Morgan fingerprint density at radius 1 is 1.18 bits per heavy atom. The van der Waals surface area contributed by atoms with Gasteiger partial charge in [0.1, 0.15) is 11.6 Å². The molecular weight excluding hydrogens is 383 g/mol. The molecule has 0 radical (unpaired) electrons. The predicted octanol–water partition coefficient (Wildman–Crippen LogP) is 2.71. The number of amides is 1. The molecule has 0 atom stereocenters. The van der Waals surface area contributed by atoms with Gasteiger partial charge in [-0.15, -0.1) is 0 Å². The summed E-state index contributed by atoms with van der Waals surface area (Å²) in [5.74, 6) is -0.213. The van der Waals surface area contributed by atoms with E-state index in [9.17, 15) is 17.6 Å². The van der Waals surface area contributed by atoms with Crippen molar-refractivity contribution in [1.29, 1.82) is 0 Å². The maximum atomic E-state index is 13.8. The molecule has 1 aliphatic rings. The molecule has 28 heavy (non-hydrogen) atoms. The van der Waals surface area contributed by atoms with Gasteiger partial charge in [-0.2, -0.15) is 0 Å². The highest BCUT2D eigenvalue weighted by atomic mass is 32.2. The summed E-state index contributed by atoms with van der Waals surface area (Å²) in [6.07, 6.45) is 4.12. The van der Waals surface area contributed by atoms with Gasteiger partial charge in [0.15, 0.2) is 0 Å². The van der Waals surface area contributed by atoms with Crippen LogP contribution in [0.3, 0.4) is 0 Å². The molecule has 1 N–H and O–H groups in total. The fourth-order valence-corrected chi connectivity index (χ4v) is 4.95. The van der Waals surface area contributed by atoms with Crippen molar-refractivity contribution in [3.05, 3.63) is 59.8 Å². The average Bonchev–Trinajstić information content (AvgIpc) is 3.20. The molecule has 8 heteroatoms. The van der Waals surface area contributed by atoms with E-state index in [-0.39, 0.29) is 36.2 Å². The fourth-order valence-electron chi connectivity index (χ4n) is 3.37. The number of rotatable bonds is 8. The summed E-state index contributed by atoms with van der Waals surface area (Å²) in [5.41, 5.74) is 0.166. The zero-order chi connectivity index (χ0) is 20.0. The van der Waals surface area contributed by atoms with Crippen molar-refractivity contribution in [2.24, 2.45) is 5.92 Å². The maximum absolute atomic E-state index is 13.8. The molecule has 1 saturated heterocycles. The summed E-state index contributed by atoms with van der Waals surface area (Å²) in [7, 11) is -3.60. The molecule has 2 aromatic rings. The smallest absolute Gasteiger partial charge is 0.223 e. The first-order valence-corrected chi connectivity index (χ1v) is 11.1. The fraction of sp³-hybridized carbons (Fsp3) is 0.450. The summed E-state index contributed by atoms with van der Waals surface area (Å²) < 4.78 is 45.5. The van der Waals surface area contributed by atoms with Crippen LogP contribution >= 0.6 is 0 Å². The average molecular weight is 408 g/mol. The lowest BCUT2D eigenvalue weighted by molar-refractivity contribution is -0.126. The van der Waals surface area contributed by atoms with E-state index in [2.05, 4.69) is 5.32 Å². The van der Waals surface area contributed by atoms with Crippen LogP contribution in [0.15, 0.2) is 47.1 Å². The third kappa shape index (κ3) is 5.42. The first-order valence-electron chi connectivity index (χ1n) is 9.47. The van der Waals surface area contributed by atoms with Crippen molar-refractivity contribution in [2.75, 3.05) is 19.6 Å². The van der Waals surface area contributed by atoms with Gasteiger partial charge in [-0.25, -0.2) is 17.1 Å². The molecule has 6 nitrogen and oxygen atoms in total. The molecule has 3 rings (SSSR count). The van der Waals surface area contributed by atoms with Gasteiger partial charge in [0, 0.05) is 37.5 Å². The van der Waals surface area contributed by atoms with Crippen LogP contribution in [-0.2, 0) is 27.0 Å². The molecule has 1 amide bonds. The number of hydrogen-bond donors (Lipinski definition) is 1. The van der Waals surface area contributed by atoms with Crippen LogP contribution in [-0.4, -0.2) is 38.3 Å². The van der Waals surface area contributed by atoms with Crippen molar-refractivity contribution < 1.29 is 22.0 Å². The highest BCUT2D eigenvalue weighted by molar-refractivity contribution is 7.88. The van der Waals surface area contributed by atoms with Gasteiger partial charge >= 0.3 is 0 Å². The number of benzene rings is 1. The predicted molar refractivity (Wildman–Crippen MR) is 103 cm³/mol. The van der Waals surface area contributed by atoms with Crippen LogP contribution in [0.5, 0.6) is 0 Å². The number of sulfonamides is 1. The molecule has 0 aliphatic carbocycles. The Labute approximate surface area is 164 Å². The minimum atomic E-state index is -3.60. The largest absolute Gasteiger partial charge is 0.469 e. The molecule has 1 fully saturated rings. The van der Waals surface area contributed by atoms with Gasteiger partial charge in [-0.3, -0.25) is 4.79 Å². The summed E-state index contributed by atoms with van der Waals surface area (Å²) in [5, 5.41) is 2.92. The van der Waals surface area contributed by atoms with E-state index in [1.54, 1.807) is 12.3 Å². The van der Waals surface area contributed by atoms with Crippen LogP contribution in [0.25, 0.3) is 0 Å². The number of aryl methyl sites for hydroxylation is 1.